The normalized spacial score (nSPS) is 15.7. The van der Waals surface area contributed by atoms with Crippen molar-refractivity contribution in [3.63, 3.8) is 0 Å². The van der Waals surface area contributed by atoms with Crippen LogP contribution in [0.15, 0.2) is 72.8 Å². The van der Waals surface area contributed by atoms with Crippen LogP contribution in [0, 0.1) is 5.82 Å². The molecule has 0 saturated carbocycles. The maximum absolute atomic E-state index is 13.6. The monoisotopic (exact) mass is 462 g/mol. The molecule has 4 rings (SSSR count). The van der Waals surface area contributed by atoms with Gasteiger partial charge in [-0.2, -0.15) is 0 Å². The van der Waals surface area contributed by atoms with E-state index in [-0.39, 0.29) is 30.3 Å². The molecule has 1 heterocycles. The van der Waals surface area contributed by atoms with Crippen LogP contribution < -0.4 is 9.47 Å². The molecule has 1 saturated heterocycles. The average molecular weight is 463 g/mol. The molecule has 2 amide bonds. The summed E-state index contributed by atoms with van der Waals surface area (Å²) < 4.78 is 24.8. The molecule has 0 N–H and O–H groups in total. The number of rotatable bonds is 6. The number of amides is 2. The highest BCUT2D eigenvalue weighted by Crippen LogP contribution is 2.33. The molecule has 0 bridgehead atoms. The number of benzene rings is 3. The number of methoxy groups -OCH3 is 1. The van der Waals surface area contributed by atoms with Gasteiger partial charge >= 0.3 is 0 Å². The lowest BCUT2D eigenvalue weighted by atomic mass is 9.99. The summed E-state index contributed by atoms with van der Waals surface area (Å²) in [5.74, 6) is 0.682. The molecular formula is C27H27FN2O4. The fourth-order valence-corrected chi connectivity index (χ4v) is 4.20. The van der Waals surface area contributed by atoms with Crippen LogP contribution in [0.1, 0.15) is 34.5 Å². The highest BCUT2D eigenvalue weighted by molar-refractivity contribution is 5.95. The van der Waals surface area contributed by atoms with E-state index in [1.807, 2.05) is 24.3 Å². The van der Waals surface area contributed by atoms with E-state index in [2.05, 4.69) is 0 Å². The van der Waals surface area contributed by atoms with Crippen LogP contribution in [0.4, 0.5) is 4.39 Å². The van der Waals surface area contributed by atoms with Crippen molar-refractivity contribution in [2.75, 3.05) is 26.7 Å². The summed E-state index contributed by atoms with van der Waals surface area (Å²) in [5.41, 5.74) is 2.03. The molecule has 1 aliphatic rings. The number of halogens is 1. The van der Waals surface area contributed by atoms with Gasteiger partial charge in [-0.05, 0) is 42.0 Å². The second kappa shape index (κ2) is 10.4. The molecule has 7 heteroatoms. The largest absolute Gasteiger partial charge is 0.496 e. The van der Waals surface area contributed by atoms with Crippen LogP contribution in [-0.4, -0.2) is 48.4 Å². The van der Waals surface area contributed by atoms with E-state index in [4.69, 9.17) is 9.47 Å². The molecule has 3 aromatic rings. The third-order valence-corrected chi connectivity index (χ3v) is 5.96. The lowest BCUT2D eigenvalue weighted by Crippen LogP contribution is -2.52. The molecular weight excluding hydrogens is 435 g/mol. The molecule has 176 valence electrons. The summed E-state index contributed by atoms with van der Waals surface area (Å²) in [6.07, 6.45) is 0. The summed E-state index contributed by atoms with van der Waals surface area (Å²) in [7, 11) is 1.59. The van der Waals surface area contributed by atoms with Gasteiger partial charge in [0.2, 0.25) is 5.91 Å². The summed E-state index contributed by atoms with van der Waals surface area (Å²) in [5, 5.41) is 0. The second-order valence-electron chi connectivity index (χ2n) is 8.17. The number of nitrogens with zero attached hydrogens (tertiary/aromatic N) is 2. The van der Waals surface area contributed by atoms with Crippen molar-refractivity contribution in [3.05, 3.63) is 95.3 Å². The van der Waals surface area contributed by atoms with E-state index in [1.165, 1.54) is 19.1 Å². The van der Waals surface area contributed by atoms with Crippen molar-refractivity contribution in [1.29, 1.82) is 0 Å². The van der Waals surface area contributed by atoms with Gasteiger partial charge in [-0.25, -0.2) is 4.39 Å². The average Bonchev–Trinajstić information content (AvgIpc) is 2.87. The van der Waals surface area contributed by atoms with E-state index in [9.17, 15) is 14.0 Å². The van der Waals surface area contributed by atoms with Gasteiger partial charge < -0.3 is 19.3 Å². The summed E-state index contributed by atoms with van der Waals surface area (Å²) >= 11 is 0. The zero-order valence-electron chi connectivity index (χ0n) is 19.2. The molecule has 1 aliphatic heterocycles. The maximum Gasteiger partial charge on any atom is 0.254 e. The van der Waals surface area contributed by atoms with Gasteiger partial charge in [0.05, 0.1) is 13.2 Å². The first kappa shape index (κ1) is 23.3. The van der Waals surface area contributed by atoms with Crippen molar-refractivity contribution >= 4 is 11.8 Å². The van der Waals surface area contributed by atoms with Crippen LogP contribution in [-0.2, 0) is 11.4 Å². The molecule has 0 radical (unpaired) electrons. The van der Waals surface area contributed by atoms with Gasteiger partial charge in [0, 0.05) is 37.7 Å². The predicted octanol–water partition coefficient (Wildman–Crippen LogP) is 4.46. The van der Waals surface area contributed by atoms with Gasteiger partial charge in [0.1, 0.15) is 23.9 Å². The molecule has 3 aromatic carbocycles. The summed E-state index contributed by atoms with van der Waals surface area (Å²) in [4.78, 5) is 29.2. The van der Waals surface area contributed by atoms with Crippen molar-refractivity contribution in [2.45, 2.75) is 19.6 Å². The summed E-state index contributed by atoms with van der Waals surface area (Å²) in [6.45, 7) is 2.97. The molecule has 0 spiro atoms. The van der Waals surface area contributed by atoms with Crippen LogP contribution in [0.2, 0.25) is 0 Å². The van der Waals surface area contributed by atoms with Crippen molar-refractivity contribution < 1.29 is 23.5 Å². The Hall–Kier alpha value is -3.87. The van der Waals surface area contributed by atoms with Crippen LogP contribution >= 0.6 is 0 Å². The van der Waals surface area contributed by atoms with E-state index in [0.29, 0.717) is 42.3 Å². The first-order chi connectivity index (χ1) is 16.5. The van der Waals surface area contributed by atoms with E-state index in [1.54, 1.807) is 53.3 Å². The molecule has 34 heavy (non-hydrogen) atoms. The highest BCUT2D eigenvalue weighted by atomic mass is 19.1. The Balaban J connectivity index is 1.57. The number of para-hydroxylation sites is 1. The van der Waals surface area contributed by atoms with Gasteiger partial charge in [-0.3, -0.25) is 9.59 Å². The minimum atomic E-state index is -0.349. The minimum Gasteiger partial charge on any atom is -0.496 e. The van der Waals surface area contributed by atoms with E-state index >= 15 is 0 Å². The van der Waals surface area contributed by atoms with Gasteiger partial charge in [-0.15, -0.1) is 0 Å². The first-order valence-electron chi connectivity index (χ1n) is 11.1. The summed E-state index contributed by atoms with van der Waals surface area (Å²) in [6, 6.07) is 20.4. The Bertz CT molecular complexity index is 1180. The third-order valence-electron chi connectivity index (χ3n) is 5.96. The Morgan fingerprint density at radius 3 is 2.56 bits per heavy atom. The number of hydrogen-bond acceptors (Lipinski definition) is 4. The fraction of sp³-hybridized carbons (Fsp3) is 0.259. The van der Waals surface area contributed by atoms with Gasteiger partial charge in [0.15, 0.2) is 0 Å². The molecule has 0 aromatic heterocycles. The lowest BCUT2D eigenvalue weighted by Gasteiger charge is -2.41. The fourth-order valence-electron chi connectivity index (χ4n) is 4.20. The third kappa shape index (κ3) is 5.20. The number of piperazine rings is 1. The SMILES string of the molecule is COc1ccccc1C1CN(C(C)=O)CCN1C(=O)c1cccc(OCc2cccc(F)c2)c1. The lowest BCUT2D eigenvalue weighted by molar-refractivity contribution is -0.131. The first-order valence-corrected chi connectivity index (χ1v) is 11.1. The second-order valence-corrected chi connectivity index (χ2v) is 8.17. The molecule has 6 nitrogen and oxygen atoms in total. The Morgan fingerprint density at radius 2 is 1.79 bits per heavy atom. The minimum absolute atomic E-state index is 0.0280. The van der Waals surface area contributed by atoms with Crippen LogP contribution in [0.5, 0.6) is 11.5 Å². The molecule has 1 unspecified atom stereocenters. The van der Waals surface area contributed by atoms with E-state index in [0.717, 1.165) is 5.56 Å². The zero-order valence-corrected chi connectivity index (χ0v) is 19.2. The van der Waals surface area contributed by atoms with Crippen LogP contribution in [0.3, 0.4) is 0 Å². The molecule has 1 fully saturated rings. The van der Waals surface area contributed by atoms with Gasteiger partial charge in [-0.1, -0.05) is 36.4 Å². The Morgan fingerprint density at radius 1 is 1.00 bits per heavy atom. The van der Waals surface area contributed by atoms with Crippen molar-refractivity contribution in [2.24, 2.45) is 0 Å². The van der Waals surface area contributed by atoms with Crippen molar-refractivity contribution in [3.8, 4) is 11.5 Å². The number of carbonyl (C=O) groups excluding carboxylic acids is 2. The zero-order chi connectivity index (χ0) is 24.1. The Kier molecular flexibility index (Phi) is 7.11. The predicted molar refractivity (Wildman–Crippen MR) is 126 cm³/mol. The maximum atomic E-state index is 13.6. The van der Waals surface area contributed by atoms with Crippen molar-refractivity contribution in [1.82, 2.24) is 9.80 Å². The standard InChI is InChI=1S/C27H27FN2O4/c1-19(31)29-13-14-30(25(17-29)24-11-3-4-12-26(24)33-2)27(32)21-8-6-10-23(16-21)34-18-20-7-5-9-22(28)15-20/h3-12,15-16,25H,13-14,17-18H2,1-2H3. The topological polar surface area (TPSA) is 59.1 Å². The Labute approximate surface area is 198 Å². The number of carbonyl (C=O) groups is 2. The van der Waals surface area contributed by atoms with Gasteiger partial charge in [0.25, 0.3) is 5.91 Å². The van der Waals surface area contributed by atoms with E-state index < -0.39 is 0 Å². The van der Waals surface area contributed by atoms with Crippen LogP contribution in [0.25, 0.3) is 0 Å². The molecule has 0 aliphatic carbocycles. The quantitative estimate of drug-likeness (QED) is 0.543. The highest BCUT2D eigenvalue weighted by Gasteiger charge is 2.34. The number of hydrogen-bond donors (Lipinski definition) is 0. The molecule has 1 atom stereocenters. The smallest absolute Gasteiger partial charge is 0.254 e. The number of ether oxygens (including phenoxy) is 2.